The molecule has 0 fully saturated rings. The van der Waals surface area contributed by atoms with Gasteiger partial charge in [0, 0.05) is 20.1 Å². The van der Waals surface area contributed by atoms with Crippen LogP contribution in [0.4, 0.5) is 0 Å². The van der Waals surface area contributed by atoms with Gasteiger partial charge in [-0.25, -0.2) is 0 Å². The molecule has 2 rings (SSSR count). The van der Waals surface area contributed by atoms with E-state index in [1.165, 1.54) is 12.7 Å². The minimum atomic E-state index is -0.184. The Balaban J connectivity index is 2.37. The number of carbonyl (C=O) groups excluding carboxylic acids is 1. The fourth-order valence-corrected chi connectivity index (χ4v) is 3.73. The van der Waals surface area contributed by atoms with E-state index in [-0.39, 0.29) is 11.9 Å². The van der Waals surface area contributed by atoms with Crippen LogP contribution in [0.5, 0.6) is 11.5 Å². The zero-order valence-corrected chi connectivity index (χ0v) is 19.3. The van der Waals surface area contributed by atoms with Crippen molar-refractivity contribution in [2.45, 2.75) is 32.6 Å². The van der Waals surface area contributed by atoms with Crippen molar-refractivity contribution in [2.24, 2.45) is 5.92 Å². The monoisotopic (exact) mass is 426 g/mol. The Morgan fingerprint density at radius 2 is 1.71 bits per heavy atom. The summed E-state index contributed by atoms with van der Waals surface area (Å²) in [5.74, 6) is 1.74. The molecular formula is C26H34O5. The van der Waals surface area contributed by atoms with Gasteiger partial charge in [0.15, 0.2) is 0 Å². The Morgan fingerprint density at radius 3 is 2.29 bits per heavy atom. The minimum Gasteiger partial charge on any atom is -0.497 e. The number of hydrogen-bond acceptors (Lipinski definition) is 5. The molecule has 168 valence electrons. The standard InChI is InChI=1S/C26H34O5/c1-18-15-22(16-20(13-14-28-3)7-12-26(27)31-6)24(17-25(18)30-5)19(2)21-8-10-23(29-4)11-9-21/h8-11,15,17,20H,2,7,12-14,16H2,1,3-6H3. The summed E-state index contributed by atoms with van der Waals surface area (Å²) in [4.78, 5) is 11.7. The summed E-state index contributed by atoms with van der Waals surface area (Å²) in [5, 5.41) is 0. The first-order valence-corrected chi connectivity index (χ1v) is 10.5. The van der Waals surface area contributed by atoms with Gasteiger partial charge in [0.1, 0.15) is 11.5 Å². The molecule has 0 N–H and O–H groups in total. The zero-order chi connectivity index (χ0) is 22.8. The van der Waals surface area contributed by atoms with Gasteiger partial charge < -0.3 is 18.9 Å². The van der Waals surface area contributed by atoms with E-state index in [0.29, 0.717) is 13.0 Å². The SMILES string of the molecule is C=C(c1ccc(OC)cc1)c1cc(OC)c(C)cc1CC(CCOC)CCC(=O)OC. The number of rotatable bonds is 12. The summed E-state index contributed by atoms with van der Waals surface area (Å²) in [5.41, 5.74) is 5.26. The first kappa shape index (κ1) is 24.5. The average molecular weight is 427 g/mol. The van der Waals surface area contributed by atoms with E-state index in [1.54, 1.807) is 21.3 Å². The number of ether oxygens (including phenoxy) is 4. The van der Waals surface area contributed by atoms with Crippen molar-refractivity contribution in [3.8, 4) is 11.5 Å². The molecule has 0 bridgehead atoms. The van der Waals surface area contributed by atoms with Gasteiger partial charge in [-0.15, -0.1) is 0 Å². The third-order valence-electron chi connectivity index (χ3n) is 5.61. The molecular weight excluding hydrogens is 392 g/mol. The summed E-state index contributed by atoms with van der Waals surface area (Å²) in [6.07, 6.45) is 2.83. The predicted molar refractivity (Wildman–Crippen MR) is 124 cm³/mol. The molecule has 0 aliphatic carbocycles. The van der Waals surface area contributed by atoms with Crippen molar-refractivity contribution < 1.29 is 23.7 Å². The molecule has 0 saturated heterocycles. The lowest BCUT2D eigenvalue weighted by Crippen LogP contribution is -2.13. The van der Waals surface area contributed by atoms with Crippen LogP contribution in [0, 0.1) is 12.8 Å². The Labute approximate surface area is 186 Å². The second-order valence-electron chi connectivity index (χ2n) is 7.65. The second-order valence-corrected chi connectivity index (χ2v) is 7.65. The van der Waals surface area contributed by atoms with E-state index < -0.39 is 0 Å². The fourth-order valence-electron chi connectivity index (χ4n) is 3.73. The van der Waals surface area contributed by atoms with Crippen molar-refractivity contribution in [2.75, 3.05) is 35.0 Å². The van der Waals surface area contributed by atoms with Gasteiger partial charge in [-0.1, -0.05) is 24.8 Å². The Hall–Kier alpha value is -2.79. The van der Waals surface area contributed by atoms with Gasteiger partial charge in [-0.2, -0.15) is 0 Å². The summed E-state index contributed by atoms with van der Waals surface area (Å²) in [6.45, 7) is 7.07. The third-order valence-corrected chi connectivity index (χ3v) is 5.61. The smallest absolute Gasteiger partial charge is 0.305 e. The topological polar surface area (TPSA) is 54.0 Å². The molecule has 5 nitrogen and oxygen atoms in total. The number of aryl methyl sites for hydroxylation is 1. The average Bonchev–Trinajstić information content (AvgIpc) is 2.80. The van der Waals surface area contributed by atoms with E-state index in [9.17, 15) is 4.79 Å². The molecule has 0 aliphatic heterocycles. The van der Waals surface area contributed by atoms with Crippen LogP contribution in [-0.4, -0.2) is 41.0 Å². The molecule has 1 unspecified atom stereocenters. The van der Waals surface area contributed by atoms with Crippen LogP contribution in [0.3, 0.4) is 0 Å². The number of esters is 1. The van der Waals surface area contributed by atoms with Crippen LogP contribution >= 0.6 is 0 Å². The summed E-state index contributed by atoms with van der Waals surface area (Å²) in [6, 6.07) is 12.1. The highest BCUT2D eigenvalue weighted by molar-refractivity contribution is 5.81. The molecule has 0 amide bonds. The Morgan fingerprint density at radius 1 is 1.00 bits per heavy atom. The van der Waals surface area contributed by atoms with E-state index in [1.807, 2.05) is 31.2 Å². The minimum absolute atomic E-state index is 0.184. The molecule has 0 spiro atoms. The quantitative estimate of drug-likeness (QED) is 0.436. The van der Waals surface area contributed by atoms with Crippen LogP contribution in [-0.2, 0) is 20.7 Å². The van der Waals surface area contributed by atoms with Crippen LogP contribution in [0.1, 0.15) is 41.5 Å². The van der Waals surface area contributed by atoms with Crippen molar-refractivity contribution in [1.29, 1.82) is 0 Å². The van der Waals surface area contributed by atoms with Crippen molar-refractivity contribution in [1.82, 2.24) is 0 Å². The van der Waals surface area contributed by atoms with Gasteiger partial charge in [0.2, 0.25) is 0 Å². The highest BCUT2D eigenvalue weighted by Crippen LogP contribution is 2.34. The highest BCUT2D eigenvalue weighted by atomic mass is 16.5. The van der Waals surface area contributed by atoms with Crippen LogP contribution in [0.15, 0.2) is 43.0 Å². The number of benzene rings is 2. The van der Waals surface area contributed by atoms with E-state index in [0.717, 1.165) is 53.0 Å². The maximum absolute atomic E-state index is 11.7. The highest BCUT2D eigenvalue weighted by Gasteiger charge is 2.18. The first-order valence-electron chi connectivity index (χ1n) is 10.5. The number of hydrogen-bond donors (Lipinski definition) is 0. The van der Waals surface area contributed by atoms with Gasteiger partial charge in [-0.3, -0.25) is 4.79 Å². The first-order chi connectivity index (χ1) is 14.9. The fraction of sp³-hybridized carbons (Fsp3) is 0.423. The van der Waals surface area contributed by atoms with Crippen LogP contribution < -0.4 is 9.47 Å². The Kier molecular flexibility index (Phi) is 9.60. The van der Waals surface area contributed by atoms with Gasteiger partial charge in [-0.05, 0) is 78.1 Å². The maximum Gasteiger partial charge on any atom is 0.305 e. The molecule has 2 aromatic carbocycles. The van der Waals surface area contributed by atoms with Crippen LogP contribution in [0.2, 0.25) is 0 Å². The van der Waals surface area contributed by atoms with E-state index in [2.05, 4.69) is 18.7 Å². The number of carbonyl (C=O) groups is 1. The van der Waals surface area contributed by atoms with Crippen LogP contribution in [0.25, 0.3) is 5.57 Å². The molecule has 0 heterocycles. The summed E-state index contributed by atoms with van der Waals surface area (Å²) >= 11 is 0. The lowest BCUT2D eigenvalue weighted by atomic mass is 9.86. The molecule has 0 saturated carbocycles. The summed E-state index contributed by atoms with van der Waals surface area (Å²) < 4.78 is 21.0. The second kappa shape index (κ2) is 12.2. The largest absolute Gasteiger partial charge is 0.497 e. The third kappa shape index (κ3) is 6.86. The number of methoxy groups -OCH3 is 4. The van der Waals surface area contributed by atoms with Crippen molar-refractivity contribution in [3.05, 3.63) is 65.2 Å². The molecule has 2 aromatic rings. The van der Waals surface area contributed by atoms with Gasteiger partial charge in [0.05, 0.1) is 21.3 Å². The lowest BCUT2D eigenvalue weighted by Gasteiger charge is -2.21. The Bertz CT molecular complexity index is 870. The maximum atomic E-state index is 11.7. The van der Waals surface area contributed by atoms with Gasteiger partial charge >= 0.3 is 5.97 Å². The van der Waals surface area contributed by atoms with Crippen molar-refractivity contribution in [3.63, 3.8) is 0 Å². The molecule has 31 heavy (non-hydrogen) atoms. The van der Waals surface area contributed by atoms with E-state index >= 15 is 0 Å². The lowest BCUT2D eigenvalue weighted by molar-refractivity contribution is -0.141. The molecule has 0 aromatic heterocycles. The molecule has 0 aliphatic rings. The van der Waals surface area contributed by atoms with Crippen molar-refractivity contribution >= 4 is 11.5 Å². The van der Waals surface area contributed by atoms with Gasteiger partial charge in [0.25, 0.3) is 0 Å². The molecule has 5 heteroatoms. The molecule has 1 atom stereocenters. The molecule has 0 radical (unpaired) electrons. The zero-order valence-electron chi connectivity index (χ0n) is 19.3. The van der Waals surface area contributed by atoms with E-state index in [4.69, 9.17) is 18.9 Å². The normalized spacial score (nSPS) is 11.6. The summed E-state index contributed by atoms with van der Waals surface area (Å²) in [7, 11) is 6.46. The predicted octanol–water partition coefficient (Wildman–Crippen LogP) is 5.22.